The first-order valence-electron chi connectivity index (χ1n) is 8.34. The van der Waals surface area contributed by atoms with Crippen molar-refractivity contribution < 1.29 is 4.74 Å². The molecule has 0 aliphatic heterocycles. The number of hydrogen-bond acceptors (Lipinski definition) is 2. The Bertz CT molecular complexity index is 318. The highest BCUT2D eigenvalue weighted by Crippen LogP contribution is 2.57. The van der Waals surface area contributed by atoms with Gasteiger partial charge in [0.15, 0.2) is 0 Å². The highest BCUT2D eigenvalue weighted by atomic mass is 16.5. The van der Waals surface area contributed by atoms with Crippen molar-refractivity contribution in [2.45, 2.75) is 77.4 Å². The van der Waals surface area contributed by atoms with Crippen molar-refractivity contribution in [2.24, 2.45) is 17.3 Å². The topological polar surface area (TPSA) is 21.3 Å². The first-order chi connectivity index (χ1) is 8.97. The van der Waals surface area contributed by atoms with E-state index in [2.05, 4.69) is 26.1 Å². The quantitative estimate of drug-likeness (QED) is 0.789. The fraction of sp³-hybridized carbons (Fsp3) is 1.00. The lowest BCUT2D eigenvalue weighted by molar-refractivity contribution is -0.0268. The van der Waals surface area contributed by atoms with Gasteiger partial charge in [-0.15, -0.1) is 0 Å². The number of rotatable bonds is 6. The summed E-state index contributed by atoms with van der Waals surface area (Å²) >= 11 is 0. The first kappa shape index (κ1) is 13.9. The molecule has 0 aromatic heterocycles. The summed E-state index contributed by atoms with van der Waals surface area (Å²) in [4.78, 5) is 0. The van der Waals surface area contributed by atoms with E-state index in [-0.39, 0.29) is 5.60 Å². The molecule has 0 aromatic carbocycles. The van der Waals surface area contributed by atoms with Gasteiger partial charge in [-0.1, -0.05) is 6.42 Å². The monoisotopic (exact) mass is 265 g/mol. The summed E-state index contributed by atoms with van der Waals surface area (Å²) in [6, 6.07) is 0.847. The summed E-state index contributed by atoms with van der Waals surface area (Å²) in [5, 5.41) is 3.82. The Morgan fingerprint density at radius 3 is 2.47 bits per heavy atom. The molecule has 3 rings (SSSR count). The second kappa shape index (κ2) is 5.04. The van der Waals surface area contributed by atoms with Gasteiger partial charge in [-0.05, 0) is 76.5 Å². The van der Waals surface area contributed by atoms with Crippen LogP contribution >= 0.6 is 0 Å². The molecule has 3 aliphatic carbocycles. The lowest BCUT2D eigenvalue weighted by atomic mass is 9.71. The van der Waals surface area contributed by atoms with Crippen molar-refractivity contribution in [1.82, 2.24) is 5.32 Å². The molecule has 0 amide bonds. The SMILES string of the molecule is CC(C)(C)OCCC1(CNC2CC2)CC2CCC1C2. The van der Waals surface area contributed by atoms with E-state index in [1.54, 1.807) is 0 Å². The van der Waals surface area contributed by atoms with Crippen LogP contribution in [0.3, 0.4) is 0 Å². The van der Waals surface area contributed by atoms with Crippen LogP contribution in [0.1, 0.15) is 65.7 Å². The zero-order valence-corrected chi connectivity index (χ0v) is 13.0. The average molecular weight is 265 g/mol. The van der Waals surface area contributed by atoms with Gasteiger partial charge in [-0.2, -0.15) is 0 Å². The lowest BCUT2D eigenvalue weighted by Crippen LogP contribution is -2.41. The van der Waals surface area contributed by atoms with Crippen molar-refractivity contribution in [3.63, 3.8) is 0 Å². The van der Waals surface area contributed by atoms with E-state index < -0.39 is 0 Å². The summed E-state index contributed by atoms with van der Waals surface area (Å²) in [6.45, 7) is 8.71. The van der Waals surface area contributed by atoms with Gasteiger partial charge in [-0.3, -0.25) is 0 Å². The highest BCUT2D eigenvalue weighted by Gasteiger charge is 2.50. The molecule has 2 nitrogen and oxygen atoms in total. The Morgan fingerprint density at radius 1 is 1.16 bits per heavy atom. The number of nitrogens with one attached hydrogen (secondary N) is 1. The summed E-state index contributed by atoms with van der Waals surface area (Å²) < 4.78 is 6.02. The molecule has 3 fully saturated rings. The molecule has 0 saturated heterocycles. The molecular formula is C17H31NO. The molecule has 0 heterocycles. The minimum Gasteiger partial charge on any atom is -0.376 e. The molecule has 110 valence electrons. The molecule has 3 atom stereocenters. The predicted octanol–water partition coefficient (Wildman–Crippen LogP) is 3.75. The van der Waals surface area contributed by atoms with Crippen LogP contribution in [0.15, 0.2) is 0 Å². The van der Waals surface area contributed by atoms with E-state index in [4.69, 9.17) is 4.74 Å². The van der Waals surface area contributed by atoms with Gasteiger partial charge in [0.05, 0.1) is 5.60 Å². The van der Waals surface area contributed by atoms with Crippen LogP contribution in [0.5, 0.6) is 0 Å². The highest BCUT2D eigenvalue weighted by molar-refractivity contribution is 5.02. The van der Waals surface area contributed by atoms with Gasteiger partial charge in [0.25, 0.3) is 0 Å². The smallest absolute Gasteiger partial charge is 0.0598 e. The van der Waals surface area contributed by atoms with E-state index in [9.17, 15) is 0 Å². The standard InChI is InChI=1S/C17H31NO/c1-16(2,3)19-9-8-17(12-18-15-6-7-15)11-13-4-5-14(17)10-13/h13-15,18H,4-12H2,1-3H3. The van der Waals surface area contributed by atoms with Crippen molar-refractivity contribution in [2.75, 3.05) is 13.2 Å². The third-order valence-corrected chi connectivity index (χ3v) is 5.56. The van der Waals surface area contributed by atoms with Gasteiger partial charge in [0.1, 0.15) is 0 Å². The maximum atomic E-state index is 6.02. The van der Waals surface area contributed by atoms with Crippen LogP contribution in [0, 0.1) is 17.3 Å². The van der Waals surface area contributed by atoms with E-state index >= 15 is 0 Å². The largest absolute Gasteiger partial charge is 0.376 e. The molecule has 3 saturated carbocycles. The second-order valence-electron chi connectivity index (χ2n) is 8.31. The van der Waals surface area contributed by atoms with Crippen molar-refractivity contribution in [3.05, 3.63) is 0 Å². The van der Waals surface area contributed by atoms with E-state index in [0.717, 1.165) is 24.5 Å². The van der Waals surface area contributed by atoms with Crippen LogP contribution in [0.4, 0.5) is 0 Å². The zero-order chi connectivity index (χ0) is 13.5. The molecule has 0 aromatic rings. The van der Waals surface area contributed by atoms with Crippen molar-refractivity contribution in [1.29, 1.82) is 0 Å². The second-order valence-corrected chi connectivity index (χ2v) is 8.31. The van der Waals surface area contributed by atoms with Crippen LogP contribution in [0.25, 0.3) is 0 Å². The average Bonchev–Trinajstić information content (AvgIpc) is 2.95. The maximum Gasteiger partial charge on any atom is 0.0598 e. The Labute approximate surface area is 118 Å². The predicted molar refractivity (Wildman–Crippen MR) is 79.2 cm³/mol. The normalized spacial score (nSPS) is 38.1. The van der Waals surface area contributed by atoms with E-state index in [1.165, 1.54) is 51.5 Å². The van der Waals surface area contributed by atoms with E-state index in [0.29, 0.717) is 5.41 Å². The molecule has 3 aliphatic rings. The molecule has 2 bridgehead atoms. The van der Waals surface area contributed by atoms with Crippen LogP contribution < -0.4 is 5.32 Å². The first-order valence-corrected chi connectivity index (χ1v) is 8.34. The van der Waals surface area contributed by atoms with Crippen LogP contribution in [0.2, 0.25) is 0 Å². The van der Waals surface area contributed by atoms with Crippen LogP contribution in [-0.4, -0.2) is 24.8 Å². The third-order valence-electron chi connectivity index (χ3n) is 5.56. The Hall–Kier alpha value is -0.0800. The molecule has 19 heavy (non-hydrogen) atoms. The number of hydrogen-bond donors (Lipinski definition) is 1. The minimum atomic E-state index is 0.0166. The third kappa shape index (κ3) is 3.33. The van der Waals surface area contributed by atoms with Gasteiger partial charge >= 0.3 is 0 Å². The van der Waals surface area contributed by atoms with Gasteiger partial charge < -0.3 is 10.1 Å². The number of fused-ring (bicyclic) bond motifs is 2. The molecule has 0 radical (unpaired) electrons. The molecule has 2 heteroatoms. The number of ether oxygens (including phenoxy) is 1. The summed E-state index contributed by atoms with van der Waals surface area (Å²) in [6.07, 6.45) is 10.0. The van der Waals surface area contributed by atoms with Crippen molar-refractivity contribution in [3.8, 4) is 0 Å². The van der Waals surface area contributed by atoms with Gasteiger partial charge in [0.2, 0.25) is 0 Å². The summed E-state index contributed by atoms with van der Waals surface area (Å²) in [7, 11) is 0. The lowest BCUT2D eigenvalue weighted by Gasteiger charge is -2.39. The minimum absolute atomic E-state index is 0.0166. The van der Waals surface area contributed by atoms with E-state index in [1.807, 2.05) is 0 Å². The maximum absolute atomic E-state index is 6.02. The Balaban J connectivity index is 1.56. The Kier molecular flexibility index (Phi) is 3.68. The summed E-state index contributed by atoms with van der Waals surface area (Å²) in [5.41, 5.74) is 0.583. The van der Waals surface area contributed by atoms with Gasteiger partial charge in [0, 0.05) is 19.2 Å². The summed E-state index contributed by atoms with van der Waals surface area (Å²) in [5.74, 6) is 2.01. The molecule has 3 unspecified atom stereocenters. The molecule has 1 N–H and O–H groups in total. The fourth-order valence-electron chi connectivity index (χ4n) is 4.36. The fourth-order valence-corrected chi connectivity index (χ4v) is 4.36. The molecular weight excluding hydrogens is 234 g/mol. The Morgan fingerprint density at radius 2 is 1.95 bits per heavy atom. The zero-order valence-electron chi connectivity index (χ0n) is 13.0. The van der Waals surface area contributed by atoms with Crippen LogP contribution in [-0.2, 0) is 4.74 Å². The molecule has 0 spiro atoms. The van der Waals surface area contributed by atoms with Crippen molar-refractivity contribution >= 4 is 0 Å². The van der Waals surface area contributed by atoms with Gasteiger partial charge in [-0.25, -0.2) is 0 Å².